The molecule has 1 aromatic carbocycles. The molecule has 1 spiro atoms. The lowest BCUT2D eigenvalue weighted by Crippen LogP contribution is -2.70. The third kappa shape index (κ3) is 1.93. The van der Waals surface area contributed by atoms with Gasteiger partial charge in [0, 0.05) is 6.54 Å². The zero-order valence-corrected chi connectivity index (χ0v) is 11.7. The first-order valence-electron chi connectivity index (χ1n) is 6.93. The molecule has 0 aromatic heterocycles. The van der Waals surface area contributed by atoms with Gasteiger partial charge in [0.1, 0.15) is 11.6 Å². The van der Waals surface area contributed by atoms with Crippen molar-refractivity contribution in [2.75, 3.05) is 6.54 Å². The van der Waals surface area contributed by atoms with E-state index < -0.39 is 11.6 Å². The number of nitrogens with one attached hydrogen (secondary N) is 2. The fraction of sp³-hybridized carbons (Fsp3) is 0.400. The van der Waals surface area contributed by atoms with Crippen LogP contribution in [0.1, 0.15) is 24.9 Å². The highest BCUT2D eigenvalue weighted by Gasteiger charge is 2.55. The lowest BCUT2D eigenvalue weighted by atomic mass is 9.86. The maximum atomic E-state index is 12.6. The minimum atomic E-state index is -1.00. The molecule has 0 saturated carbocycles. The largest absolute Gasteiger partial charge is 0.338 e. The van der Waals surface area contributed by atoms with Crippen LogP contribution in [0.15, 0.2) is 30.3 Å². The molecule has 0 bridgehead atoms. The minimum absolute atomic E-state index is 0.221. The molecular formula is C15H16N4O2. The van der Waals surface area contributed by atoms with E-state index in [0.717, 1.165) is 5.56 Å². The Bertz CT molecular complexity index is 624. The Labute approximate surface area is 122 Å². The molecule has 2 aliphatic rings. The molecule has 2 aliphatic heterocycles. The molecule has 2 fully saturated rings. The topological polar surface area (TPSA) is 85.2 Å². The predicted molar refractivity (Wildman–Crippen MR) is 74.6 cm³/mol. The molecule has 3 atom stereocenters. The highest BCUT2D eigenvalue weighted by atomic mass is 16.2. The number of nitriles is 1. The van der Waals surface area contributed by atoms with Gasteiger partial charge in [0.05, 0.1) is 6.04 Å². The fourth-order valence-electron chi connectivity index (χ4n) is 3.13. The number of likely N-dealkylation sites (tertiary alicyclic amines) is 1. The van der Waals surface area contributed by atoms with E-state index in [0.29, 0.717) is 13.0 Å². The Balaban J connectivity index is 1.88. The van der Waals surface area contributed by atoms with Gasteiger partial charge >= 0.3 is 0 Å². The van der Waals surface area contributed by atoms with Crippen LogP contribution in [-0.4, -0.2) is 34.8 Å². The summed E-state index contributed by atoms with van der Waals surface area (Å²) in [5.74, 6) is -0.450. The molecule has 1 aromatic rings. The van der Waals surface area contributed by atoms with E-state index in [1.54, 1.807) is 6.92 Å². The molecule has 3 unspecified atom stereocenters. The second-order valence-corrected chi connectivity index (χ2v) is 5.50. The zero-order chi connectivity index (χ0) is 15.0. The molecule has 2 heterocycles. The Morgan fingerprint density at radius 3 is 2.67 bits per heavy atom. The van der Waals surface area contributed by atoms with E-state index in [4.69, 9.17) is 5.26 Å². The maximum Gasteiger partial charge on any atom is 0.248 e. The SMILES string of the molecule is CC1N(C#N)CCC12NC(=O)C(c1ccccc1)NC2=O. The number of hydrogen-bond donors (Lipinski definition) is 2. The fourth-order valence-corrected chi connectivity index (χ4v) is 3.13. The molecule has 6 nitrogen and oxygen atoms in total. The summed E-state index contributed by atoms with van der Waals surface area (Å²) in [6.45, 7) is 2.26. The number of carbonyl (C=O) groups excluding carboxylic acids is 2. The van der Waals surface area contributed by atoms with Gasteiger partial charge in [-0.2, -0.15) is 5.26 Å². The number of carbonyl (C=O) groups is 2. The van der Waals surface area contributed by atoms with Gasteiger partial charge in [-0.05, 0) is 18.9 Å². The summed E-state index contributed by atoms with van der Waals surface area (Å²) in [6.07, 6.45) is 2.51. The second kappa shape index (κ2) is 4.77. The van der Waals surface area contributed by atoms with Crippen molar-refractivity contribution in [3.63, 3.8) is 0 Å². The van der Waals surface area contributed by atoms with Crippen LogP contribution in [0.25, 0.3) is 0 Å². The third-order valence-electron chi connectivity index (χ3n) is 4.48. The molecular weight excluding hydrogens is 268 g/mol. The van der Waals surface area contributed by atoms with E-state index in [2.05, 4.69) is 16.8 Å². The van der Waals surface area contributed by atoms with Crippen molar-refractivity contribution in [1.29, 1.82) is 5.26 Å². The number of rotatable bonds is 1. The maximum absolute atomic E-state index is 12.6. The summed E-state index contributed by atoms with van der Waals surface area (Å²) < 4.78 is 0. The smallest absolute Gasteiger partial charge is 0.248 e. The monoisotopic (exact) mass is 284 g/mol. The number of nitrogens with zero attached hydrogens (tertiary/aromatic N) is 2. The lowest BCUT2D eigenvalue weighted by molar-refractivity contribution is -0.142. The van der Waals surface area contributed by atoms with Gasteiger partial charge in [-0.1, -0.05) is 30.3 Å². The van der Waals surface area contributed by atoms with Crippen LogP contribution in [0.4, 0.5) is 0 Å². The normalized spacial score (nSPS) is 31.7. The highest BCUT2D eigenvalue weighted by Crippen LogP contribution is 2.32. The van der Waals surface area contributed by atoms with E-state index >= 15 is 0 Å². The van der Waals surface area contributed by atoms with Gasteiger partial charge in [0.25, 0.3) is 0 Å². The quantitative estimate of drug-likeness (QED) is 0.726. The molecule has 6 heteroatoms. The number of hydrogen-bond acceptors (Lipinski definition) is 4. The van der Waals surface area contributed by atoms with Gasteiger partial charge < -0.3 is 15.5 Å². The van der Waals surface area contributed by atoms with Gasteiger partial charge in [-0.3, -0.25) is 9.59 Å². The van der Waals surface area contributed by atoms with E-state index in [1.807, 2.05) is 30.3 Å². The summed E-state index contributed by atoms with van der Waals surface area (Å²) in [4.78, 5) is 26.5. The van der Waals surface area contributed by atoms with E-state index in [-0.39, 0.29) is 17.9 Å². The van der Waals surface area contributed by atoms with Crippen molar-refractivity contribution < 1.29 is 9.59 Å². The highest BCUT2D eigenvalue weighted by molar-refractivity contribution is 6.01. The van der Waals surface area contributed by atoms with E-state index in [1.165, 1.54) is 4.90 Å². The van der Waals surface area contributed by atoms with Crippen LogP contribution in [0.5, 0.6) is 0 Å². The molecule has 21 heavy (non-hydrogen) atoms. The first-order valence-corrected chi connectivity index (χ1v) is 6.93. The molecule has 0 radical (unpaired) electrons. The first kappa shape index (κ1) is 13.4. The van der Waals surface area contributed by atoms with Crippen molar-refractivity contribution in [1.82, 2.24) is 15.5 Å². The number of benzene rings is 1. The number of amides is 2. The Hall–Kier alpha value is -2.55. The van der Waals surface area contributed by atoms with Gasteiger partial charge in [0.15, 0.2) is 6.19 Å². The van der Waals surface area contributed by atoms with Gasteiger partial charge in [0.2, 0.25) is 11.8 Å². The summed E-state index contributed by atoms with van der Waals surface area (Å²) in [5, 5.41) is 14.7. The summed E-state index contributed by atoms with van der Waals surface area (Å²) in [6, 6.07) is 8.11. The Kier molecular flexibility index (Phi) is 3.05. The van der Waals surface area contributed by atoms with Gasteiger partial charge in [-0.15, -0.1) is 0 Å². The molecule has 2 amide bonds. The first-order chi connectivity index (χ1) is 10.1. The van der Waals surface area contributed by atoms with Crippen LogP contribution in [-0.2, 0) is 9.59 Å². The molecule has 2 N–H and O–H groups in total. The molecule has 0 aliphatic carbocycles. The van der Waals surface area contributed by atoms with Crippen molar-refractivity contribution >= 4 is 11.8 Å². The Morgan fingerprint density at radius 1 is 1.33 bits per heavy atom. The average Bonchev–Trinajstić information content (AvgIpc) is 2.81. The molecule has 2 saturated heterocycles. The van der Waals surface area contributed by atoms with Crippen LogP contribution in [0.3, 0.4) is 0 Å². The van der Waals surface area contributed by atoms with E-state index in [9.17, 15) is 9.59 Å². The van der Waals surface area contributed by atoms with Crippen molar-refractivity contribution in [2.45, 2.75) is 31.0 Å². The number of piperazine rings is 1. The molecule has 3 rings (SSSR count). The van der Waals surface area contributed by atoms with Crippen LogP contribution < -0.4 is 10.6 Å². The van der Waals surface area contributed by atoms with Crippen molar-refractivity contribution in [2.24, 2.45) is 0 Å². The van der Waals surface area contributed by atoms with Gasteiger partial charge in [-0.25, -0.2) is 0 Å². The standard InChI is InChI=1S/C15H16N4O2/c1-10-15(7-8-19(10)9-16)14(21)17-12(13(20)18-15)11-5-3-2-4-6-11/h2-6,10,12H,7-8H2,1H3,(H,17,21)(H,18,20). The lowest BCUT2D eigenvalue weighted by Gasteiger charge is -2.40. The molecule has 108 valence electrons. The summed E-state index contributed by atoms with van der Waals surface area (Å²) in [7, 11) is 0. The Morgan fingerprint density at radius 2 is 2.05 bits per heavy atom. The summed E-state index contributed by atoms with van der Waals surface area (Å²) >= 11 is 0. The van der Waals surface area contributed by atoms with Crippen LogP contribution in [0, 0.1) is 11.5 Å². The van der Waals surface area contributed by atoms with Crippen molar-refractivity contribution in [3.05, 3.63) is 35.9 Å². The van der Waals surface area contributed by atoms with Crippen LogP contribution >= 0.6 is 0 Å². The minimum Gasteiger partial charge on any atom is -0.338 e. The van der Waals surface area contributed by atoms with Crippen molar-refractivity contribution in [3.8, 4) is 6.19 Å². The van der Waals surface area contributed by atoms with Crippen LogP contribution in [0.2, 0.25) is 0 Å². The average molecular weight is 284 g/mol. The zero-order valence-electron chi connectivity index (χ0n) is 11.7. The second-order valence-electron chi connectivity index (χ2n) is 5.50. The third-order valence-corrected chi connectivity index (χ3v) is 4.48. The summed E-state index contributed by atoms with van der Waals surface area (Å²) in [5.41, 5.74) is -0.251. The predicted octanol–water partition coefficient (Wildman–Crippen LogP) is 0.288.